The van der Waals surface area contributed by atoms with Gasteiger partial charge >= 0.3 is 13.2 Å². The monoisotopic (exact) mass is 524 g/mol. The summed E-state index contributed by atoms with van der Waals surface area (Å²) in [4.78, 5) is 24.6. The second-order valence-corrected chi connectivity index (χ2v) is 11.0. The summed E-state index contributed by atoms with van der Waals surface area (Å²) in [6, 6.07) is 23.4. The Hall–Kier alpha value is -3.88. The van der Waals surface area contributed by atoms with E-state index in [1.54, 1.807) is 18.2 Å². The quantitative estimate of drug-likeness (QED) is 0.407. The summed E-state index contributed by atoms with van der Waals surface area (Å²) in [5.74, 6) is -0.544. The molecule has 1 aliphatic heterocycles. The number of carbonyl (C=O) groups excluding carboxylic acids is 2. The molecule has 5 rings (SSSR count). The zero-order chi connectivity index (χ0) is 27.8. The van der Waals surface area contributed by atoms with Gasteiger partial charge in [-0.15, -0.1) is 0 Å². The molecule has 0 unspecified atom stereocenters. The molecule has 0 atom stereocenters. The minimum absolute atomic E-state index is 0.0298. The van der Waals surface area contributed by atoms with Gasteiger partial charge in [-0.25, -0.2) is 4.79 Å². The summed E-state index contributed by atoms with van der Waals surface area (Å²) in [6.45, 7) is 8.23. The van der Waals surface area contributed by atoms with E-state index in [1.807, 2.05) is 64.1 Å². The molecule has 0 spiro atoms. The van der Waals surface area contributed by atoms with Gasteiger partial charge in [0.05, 0.1) is 11.2 Å². The fraction of sp³-hybridized carbons (Fsp3) is 0.290. The molecule has 7 nitrogen and oxygen atoms in total. The van der Waals surface area contributed by atoms with Crippen LogP contribution in [0.4, 0.5) is 4.79 Å². The second kappa shape index (κ2) is 10.4. The number of hydrogen-bond acceptors (Lipinski definition) is 5. The highest BCUT2D eigenvalue weighted by Crippen LogP contribution is 2.44. The molecule has 1 heterocycles. The van der Waals surface area contributed by atoms with Crippen LogP contribution in [-0.2, 0) is 14.0 Å². The van der Waals surface area contributed by atoms with Gasteiger partial charge in [-0.1, -0.05) is 66.7 Å². The van der Waals surface area contributed by atoms with Gasteiger partial charge in [-0.05, 0) is 73.1 Å². The van der Waals surface area contributed by atoms with Crippen molar-refractivity contribution >= 4 is 25.2 Å². The van der Waals surface area contributed by atoms with E-state index >= 15 is 0 Å². The van der Waals surface area contributed by atoms with Crippen molar-refractivity contribution in [3.8, 4) is 11.1 Å². The Bertz CT molecular complexity index is 1390. The van der Waals surface area contributed by atoms with E-state index in [4.69, 9.17) is 19.8 Å². The summed E-state index contributed by atoms with van der Waals surface area (Å²) >= 11 is 0. The lowest BCUT2D eigenvalue weighted by molar-refractivity contribution is 0.00578. The molecule has 2 amide bonds. The fourth-order valence-electron chi connectivity index (χ4n) is 5.02. The van der Waals surface area contributed by atoms with E-state index in [2.05, 4.69) is 29.6 Å². The van der Waals surface area contributed by atoms with Crippen LogP contribution in [0.3, 0.4) is 0 Å². The number of nitrogens with two attached hydrogens (primary N) is 1. The van der Waals surface area contributed by atoms with Gasteiger partial charge in [0.25, 0.3) is 0 Å². The van der Waals surface area contributed by atoms with Crippen LogP contribution in [0, 0.1) is 0 Å². The number of hydrogen-bond donors (Lipinski definition) is 2. The molecule has 39 heavy (non-hydrogen) atoms. The number of rotatable bonds is 7. The van der Waals surface area contributed by atoms with Crippen molar-refractivity contribution in [2.24, 2.45) is 5.73 Å². The van der Waals surface area contributed by atoms with Gasteiger partial charge in [0.1, 0.15) is 6.61 Å². The van der Waals surface area contributed by atoms with Crippen molar-refractivity contribution in [2.45, 2.75) is 44.8 Å². The number of alkyl carbamates (subject to hydrolysis) is 1. The van der Waals surface area contributed by atoms with Crippen LogP contribution in [0.25, 0.3) is 17.2 Å². The number of amides is 2. The van der Waals surface area contributed by atoms with Crippen LogP contribution < -0.4 is 11.1 Å². The standard InChI is InChI=1S/C31H33BN2O5/c1-30(2)31(3,4)39-32(38-30)22(17-20-10-9-11-21(16-20)28(33)35)18-34-29(36)37-19-27-25-14-7-5-12-23(25)24-13-6-8-15-26(24)27/h5-17,27H,18-19H2,1-4H3,(H2,33,35)(H,34,36). The zero-order valence-corrected chi connectivity index (χ0v) is 22.7. The molecule has 0 bridgehead atoms. The number of benzene rings is 3. The molecule has 1 aliphatic carbocycles. The molecule has 1 fully saturated rings. The first-order chi connectivity index (χ1) is 18.6. The molecule has 0 radical (unpaired) electrons. The molecule has 2 aliphatic rings. The molecule has 0 aromatic heterocycles. The average molecular weight is 524 g/mol. The number of fused-ring (bicyclic) bond motifs is 3. The lowest BCUT2D eigenvalue weighted by Gasteiger charge is -2.32. The lowest BCUT2D eigenvalue weighted by Crippen LogP contribution is -2.41. The van der Waals surface area contributed by atoms with Crippen molar-refractivity contribution in [3.63, 3.8) is 0 Å². The predicted octanol–water partition coefficient (Wildman–Crippen LogP) is 5.34. The maximum atomic E-state index is 12.9. The maximum Gasteiger partial charge on any atom is 0.492 e. The summed E-state index contributed by atoms with van der Waals surface area (Å²) in [5, 5.41) is 2.86. The summed E-state index contributed by atoms with van der Waals surface area (Å²) in [7, 11) is -0.693. The highest BCUT2D eigenvalue weighted by molar-refractivity contribution is 6.56. The molecule has 3 aromatic carbocycles. The van der Waals surface area contributed by atoms with E-state index in [0.717, 1.165) is 16.7 Å². The number of ether oxygens (including phenoxy) is 1. The molecule has 3 N–H and O–H groups in total. The summed E-state index contributed by atoms with van der Waals surface area (Å²) < 4.78 is 18.2. The Labute approximate surface area is 229 Å². The largest absolute Gasteiger partial charge is 0.492 e. The zero-order valence-electron chi connectivity index (χ0n) is 22.7. The SMILES string of the molecule is CC1(C)OB(C(=Cc2cccc(C(N)=O)c2)CNC(=O)OCC2c3ccccc3-c3ccccc32)OC1(C)C. The van der Waals surface area contributed by atoms with Crippen molar-refractivity contribution in [1.82, 2.24) is 5.32 Å². The van der Waals surface area contributed by atoms with Crippen molar-refractivity contribution in [1.29, 1.82) is 0 Å². The van der Waals surface area contributed by atoms with E-state index in [1.165, 1.54) is 11.1 Å². The second-order valence-electron chi connectivity index (χ2n) is 11.0. The maximum absolute atomic E-state index is 12.9. The Morgan fingerprint density at radius 3 is 2.10 bits per heavy atom. The third-order valence-corrected chi connectivity index (χ3v) is 7.86. The van der Waals surface area contributed by atoms with Crippen LogP contribution >= 0.6 is 0 Å². The summed E-state index contributed by atoms with van der Waals surface area (Å²) in [5.41, 5.74) is 10.8. The molecular weight excluding hydrogens is 491 g/mol. The highest BCUT2D eigenvalue weighted by atomic mass is 16.7. The minimum Gasteiger partial charge on any atom is -0.449 e. The lowest BCUT2D eigenvalue weighted by atomic mass is 9.77. The third-order valence-electron chi connectivity index (χ3n) is 7.86. The first kappa shape index (κ1) is 26.7. The number of carbonyl (C=O) groups is 2. The molecule has 200 valence electrons. The predicted molar refractivity (Wildman–Crippen MR) is 152 cm³/mol. The topological polar surface area (TPSA) is 99.9 Å². The van der Waals surface area contributed by atoms with Crippen LogP contribution in [0.5, 0.6) is 0 Å². The third kappa shape index (κ3) is 5.35. The Kier molecular flexibility index (Phi) is 7.10. The van der Waals surface area contributed by atoms with Crippen molar-refractivity contribution in [2.75, 3.05) is 13.2 Å². The minimum atomic E-state index is -0.693. The van der Waals surface area contributed by atoms with Crippen LogP contribution in [0.1, 0.15) is 60.7 Å². The van der Waals surface area contributed by atoms with Gasteiger partial charge in [-0.2, -0.15) is 0 Å². The van der Waals surface area contributed by atoms with Gasteiger partial charge < -0.3 is 25.1 Å². The van der Waals surface area contributed by atoms with Crippen molar-refractivity contribution < 1.29 is 23.6 Å². The first-order valence-corrected chi connectivity index (χ1v) is 13.1. The molecule has 0 saturated carbocycles. The summed E-state index contributed by atoms with van der Waals surface area (Å²) in [6.07, 6.45) is 1.31. The van der Waals surface area contributed by atoms with E-state index in [-0.39, 0.29) is 19.1 Å². The Morgan fingerprint density at radius 2 is 1.51 bits per heavy atom. The smallest absolute Gasteiger partial charge is 0.449 e. The van der Waals surface area contributed by atoms with Crippen LogP contribution in [0.2, 0.25) is 0 Å². The highest BCUT2D eigenvalue weighted by Gasteiger charge is 2.52. The number of nitrogens with one attached hydrogen (secondary N) is 1. The first-order valence-electron chi connectivity index (χ1n) is 13.1. The fourth-order valence-corrected chi connectivity index (χ4v) is 5.02. The van der Waals surface area contributed by atoms with E-state index in [9.17, 15) is 9.59 Å². The molecule has 8 heteroatoms. The molecular formula is C31H33BN2O5. The molecule has 3 aromatic rings. The van der Waals surface area contributed by atoms with Crippen LogP contribution in [0.15, 0.2) is 78.3 Å². The van der Waals surface area contributed by atoms with Gasteiger partial charge in [0.2, 0.25) is 5.91 Å². The Balaban J connectivity index is 1.31. The van der Waals surface area contributed by atoms with Gasteiger partial charge in [-0.3, -0.25) is 4.79 Å². The van der Waals surface area contributed by atoms with E-state index < -0.39 is 30.3 Å². The van der Waals surface area contributed by atoms with E-state index in [0.29, 0.717) is 11.0 Å². The van der Waals surface area contributed by atoms with Crippen molar-refractivity contribution in [3.05, 3.63) is 101 Å². The average Bonchev–Trinajstić information content (AvgIpc) is 3.34. The van der Waals surface area contributed by atoms with Crippen LogP contribution in [-0.4, -0.2) is 43.5 Å². The van der Waals surface area contributed by atoms with Gasteiger partial charge in [0, 0.05) is 18.0 Å². The number of primary amides is 1. The Morgan fingerprint density at radius 1 is 0.923 bits per heavy atom. The normalized spacial score (nSPS) is 17.4. The van der Waals surface area contributed by atoms with Gasteiger partial charge in [0.15, 0.2) is 0 Å². The molecule has 1 saturated heterocycles.